The highest BCUT2D eigenvalue weighted by atomic mass is 79.9. The Morgan fingerprint density at radius 1 is 1.40 bits per heavy atom. The van der Waals surface area contributed by atoms with Crippen LogP contribution in [0.2, 0.25) is 0 Å². The van der Waals surface area contributed by atoms with E-state index in [-0.39, 0.29) is 0 Å². The summed E-state index contributed by atoms with van der Waals surface area (Å²) >= 11 is 3.46. The summed E-state index contributed by atoms with van der Waals surface area (Å²) in [5.41, 5.74) is 2.45. The number of hydrogen-bond acceptors (Lipinski definition) is 2. The molecule has 0 aromatic heterocycles. The Kier molecular flexibility index (Phi) is 4.86. The van der Waals surface area contributed by atoms with Gasteiger partial charge in [-0.25, -0.2) is 4.79 Å². The van der Waals surface area contributed by atoms with Crippen LogP contribution in [0, 0.1) is 5.92 Å². The van der Waals surface area contributed by atoms with Crippen molar-refractivity contribution in [2.75, 3.05) is 18.0 Å². The summed E-state index contributed by atoms with van der Waals surface area (Å²) in [7, 11) is 0. The number of aliphatic carboxylic acids is 1. The van der Waals surface area contributed by atoms with Crippen molar-refractivity contribution in [2.24, 2.45) is 5.92 Å². The molecule has 1 aromatic rings. The van der Waals surface area contributed by atoms with Crippen LogP contribution in [-0.2, 0) is 4.79 Å². The summed E-state index contributed by atoms with van der Waals surface area (Å²) in [5, 5.41) is 9.05. The molecule has 0 saturated carbocycles. The van der Waals surface area contributed by atoms with Gasteiger partial charge in [0.05, 0.1) is 0 Å². The lowest BCUT2D eigenvalue weighted by Crippen LogP contribution is -2.33. The average Bonchev–Trinajstić information content (AvgIpc) is 2.40. The molecule has 108 valence electrons. The summed E-state index contributed by atoms with van der Waals surface area (Å²) < 4.78 is 0.969. The molecule has 0 unspecified atom stereocenters. The second kappa shape index (κ2) is 6.44. The minimum atomic E-state index is -0.872. The fourth-order valence-corrected chi connectivity index (χ4v) is 2.85. The van der Waals surface area contributed by atoms with Crippen molar-refractivity contribution in [1.82, 2.24) is 0 Å². The zero-order valence-electron chi connectivity index (χ0n) is 11.9. The van der Waals surface area contributed by atoms with Crippen LogP contribution in [0.3, 0.4) is 0 Å². The molecule has 2 rings (SSSR count). The van der Waals surface area contributed by atoms with Crippen LogP contribution in [0.5, 0.6) is 0 Å². The molecule has 1 N–H and O–H groups in total. The van der Waals surface area contributed by atoms with Crippen molar-refractivity contribution in [2.45, 2.75) is 26.7 Å². The lowest BCUT2D eigenvalue weighted by atomic mass is 9.98. The fraction of sp³-hybridized carbons (Fsp3) is 0.438. The SMILES string of the molecule is CC(=Cc1cc(Br)ccc1N1CCC(C)CC1)C(=O)O. The van der Waals surface area contributed by atoms with Gasteiger partial charge in [-0.3, -0.25) is 0 Å². The van der Waals surface area contributed by atoms with Crippen LogP contribution in [-0.4, -0.2) is 24.2 Å². The summed E-state index contributed by atoms with van der Waals surface area (Å²) in [6.07, 6.45) is 4.13. The van der Waals surface area contributed by atoms with Gasteiger partial charge in [0.2, 0.25) is 0 Å². The normalized spacial score (nSPS) is 17.4. The van der Waals surface area contributed by atoms with Gasteiger partial charge in [0.15, 0.2) is 0 Å². The van der Waals surface area contributed by atoms with E-state index in [1.54, 1.807) is 13.0 Å². The molecule has 0 atom stereocenters. The van der Waals surface area contributed by atoms with Crippen LogP contribution < -0.4 is 4.90 Å². The maximum absolute atomic E-state index is 11.0. The Hall–Kier alpha value is -1.29. The van der Waals surface area contributed by atoms with E-state index in [0.717, 1.165) is 34.7 Å². The largest absolute Gasteiger partial charge is 0.478 e. The zero-order valence-corrected chi connectivity index (χ0v) is 13.5. The number of benzene rings is 1. The number of anilines is 1. The first kappa shape index (κ1) is 15.1. The molecule has 3 nitrogen and oxygen atoms in total. The van der Waals surface area contributed by atoms with E-state index < -0.39 is 5.97 Å². The van der Waals surface area contributed by atoms with Crippen molar-refractivity contribution in [1.29, 1.82) is 0 Å². The second-order valence-electron chi connectivity index (χ2n) is 5.51. The number of nitrogens with zero attached hydrogens (tertiary/aromatic N) is 1. The Morgan fingerprint density at radius 2 is 2.05 bits per heavy atom. The van der Waals surface area contributed by atoms with Crippen molar-refractivity contribution < 1.29 is 9.90 Å². The average molecular weight is 338 g/mol. The molecule has 0 amide bonds. The molecule has 1 saturated heterocycles. The maximum atomic E-state index is 11.0. The van der Waals surface area contributed by atoms with Crippen LogP contribution in [0.25, 0.3) is 6.08 Å². The molecule has 1 heterocycles. The van der Waals surface area contributed by atoms with Crippen LogP contribution in [0.15, 0.2) is 28.2 Å². The molecule has 1 aliphatic rings. The highest BCUT2D eigenvalue weighted by Gasteiger charge is 2.18. The van der Waals surface area contributed by atoms with E-state index in [0.29, 0.717) is 5.57 Å². The smallest absolute Gasteiger partial charge is 0.331 e. The molecule has 1 fully saturated rings. The van der Waals surface area contributed by atoms with E-state index >= 15 is 0 Å². The zero-order chi connectivity index (χ0) is 14.7. The van der Waals surface area contributed by atoms with Gasteiger partial charge in [0, 0.05) is 28.8 Å². The van der Waals surface area contributed by atoms with Crippen LogP contribution in [0.1, 0.15) is 32.3 Å². The fourth-order valence-electron chi connectivity index (χ4n) is 2.47. The number of rotatable bonds is 3. The number of halogens is 1. The quantitative estimate of drug-likeness (QED) is 0.841. The van der Waals surface area contributed by atoms with Crippen LogP contribution >= 0.6 is 15.9 Å². The number of piperidine rings is 1. The van der Waals surface area contributed by atoms with E-state index in [2.05, 4.69) is 33.8 Å². The minimum absolute atomic E-state index is 0.356. The predicted octanol–water partition coefficient (Wildman–Crippen LogP) is 4.17. The van der Waals surface area contributed by atoms with Crippen molar-refractivity contribution in [3.8, 4) is 0 Å². The molecule has 20 heavy (non-hydrogen) atoms. The highest BCUT2D eigenvalue weighted by Crippen LogP contribution is 2.30. The van der Waals surface area contributed by atoms with Gasteiger partial charge >= 0.3 is 5.97 Å². The third-order valence-corrected chi connectivity index (χ3v) is 4.32. The van der Waals surface area contributed by atoms with E-state index in [9.17, 15) is 4.79 Å². The van der Waals surface area contributed by atoms with Crippen molar-refractivity contribution >= 4 is 33.7 Å². The van der Waals surface area contributed by atoms with Gasteiger partial charge in [-0.05, 0) is 55.5 Å². The number of hydrogen-bond donors (Lipinski definition) is 1. The standard InChI is InChI=1S/C16H20BrNO2/c1-11-5-7-18(8-6-11)15-4-3-14(17)10-13(15)9-12(2)16(19)20/h3-4,9-11H,5-8H2,1-2H3,(H,19,20). The lowest BCUT2D eigenvalue weighted by molar-refractivity contribution is -0.132. The van der Waals surface area contributed by atoms with Gasteiger partial charge in [-0.2, -0.15) is 0 Å². The van der Waals surface area contributed by atoms with Gasteiger partial charge in [-0.15, -0.1) is 0 Å². The first-order valence-corrected chi connectivity index (χ1v) is 7.73. The molecule has 0 aliphatic carbocycles. The Bertz CT molecular complexity index is 531. The Balaban J connectivity index is 2.33. The second-order valence-corrected chi connectivity index (χ2v) is 6.42. The first-order chi connectivity index (χ1) is 9.47. The third-order valence-electron chi connectivity index (χ3n) is 3.82. The van der Waals surface area contributed by atoms with Gasteiger partial charge in [0.1, 0.15) is 0 Å². The molecular weight excluding hydrogens is 318 g/mol. The summed E-state index contributed by atoms with van der Waals surface area (Å²) in [4.78, 5) is 13.4. The Labute approximate surface area is 128 Å². The van der Waals surface area contributed by atoms with Crippen molar-refractivity contribution in [3.05, 3.63) is 33.8 Å². The molecule has 4 heteroatoms. The van der Waals surface area contributed by atoms with Crippen molar-refractivity contribution in [3.63, 3.8) is 0 Å². The summed E-state index contributed by atoms with van der Waals surface area (Å²) in [6.45, 7) is 5.99. The third kappa shape index (κ3) is 3.63. The molecule has 0 spiro atoms. The predicted molar refractivity (Wildman–Crippen MR) is 86.0 cm³/mol. The van der Waals surface area contributed by atoms with Crippen LogP contribution in [0.4, 0.5) is 5.69 Å². The molecular formula is C16H20BrNO2. The number of carboxylic acid groups (broad SMARTS) is 1. The molecule has 0 radical (unpaired) electrons. The number of carboxylic acids is 1. The highest BCUT2D eigenvalue weighted by molar-refractivity contribution is 9.10. The first-order valence-electron chi connectivity index (χ1n) is 6.93. The van der Waals surface area contributed by atoms with E-state index in [1.165, 1.54) is 12.8 Å². The van der Waals surface area contributed by atoms with E-state index in [4.69, 9.17) is 5.11 Å². The molecule has 1 aromatic carbocycles. The lowest BCUT2D eigenvalue weighted by Gasteiger charge is -2.33. The topological polar surface area (TPSA) is 40.5 Å². The number of carbonyl (C=O) groups is 1. The van der Waals surface area contributed by atoms with Gasteiger partial charge < -0.3 is 10.0 Å². The summed E-state index contributed by atoms with van der Waals surface area (Å²) in [5.74, 6) is -0.0929. The molecule has 0 bridgehead atoms. The minimum Gasteiger partial charge on any atom is -0.478 e. The van der Waals surface area contributed by atoms with Gasteiger partial charge in [0.25, 0.3) is 0 Å². The summed E-state index contributed by atoms with van der Waals surface area (Å²) in [6, 6.07) is 6.07. The monoisotopic (exact) mass is 337 g/mol. The Morgan fingerprint density at radius 3 is 2.65 bits per heavy atom. The van der Waals surface area contributed by atoms with Gasteiger partial charge in [-0.1, -0.05) is 22.9 Å². The maximum Gasteiger partial charge on any atom is 0.331 e. The molecule has 1 aliphatic heterocycles. The van der Waals surface area contributed by atoms with E-state index in [1.807, 2.05) is 12.1 Å².